The van der Waals surface area contributed by atoms with E-state index in [2.05, 4.69) is 34.0 Å². The summed E-state index contributed by atoms with van der Waals surface area (Å²) >= 11 is 6.80. The van der Waals surface area contributed by atoms with E-state index >= 15 is 0 Å². The van der Waals surface area contributed by atoms with Gasteiger partial charge in [-0.05, 0) is 25.0 Å². The van der Waals surface area contributed by atoms with Gasteiger partial charge in [0.1, 0.15) is 46.2 Å². The Balaban J connectivity index is 1.14. The first-order chi connectivity index (χ1) is 23.4. The van der Waals surface area contributed by atoms with Crippen LogP contribution in [0, 0.1) is 0 Å². The third-order valence-electron chi connectivity index (χ3n) is 8.97. The second kappa shape index (κ2) is 13.9. The Kier molecular flexibility index (Phi) is 9.80. The van der Waals surface area contributed by atoms with E-state index in [0.717, 1.165) is 43.1 Å². The maximum atomic E-state index is 13.1. The molecule has 1 N–H and O–H groups in total. The number of aliphatic hydroxyl groups excluding tert-OH is 1. The molecule has 0 saturated carbocycles. The quantitative estimate of drug-likeness (QED) is 0.162. The molecular weight excluding hydrogens is 686 g/mol. The Labute approximate surface area is 292 Å². The summed E-state index contributed by atoms with van der Waals surface area (Å²) in [6, 6.07) is 10.8. The molecule has 0 amide bonds. The summed E-state index contributed by atoms with van der Waals surface area (Å²) < 4.78 is 45.3. The van der Waals surface area contributed by atoms with E-state index < -0.39 is 36.3 Å². The summed E-state index contributed by atoms with van der Waals surface area (Å²) in [6.45, 7) is 9.79. The number of nitrogens with zero attached hydrogens (tertiary/aromatic N) is 7. The van der Waals surface area contributed by atoms with E-state index in [9.17, 15) is 9.32 Å². The van der Waals surface area contributed by atoms with E-state index in [1.165, 1.54) is 0 Å². The summed E-state index contributed by atoms with van der Waals surface area (Å²) in [5.41, 5.74) is 3.81. The lowest BCUT2D eigenvalue weighted by Crippen LogP contribution is -2.35. The lowest BCUT2D eigenvalue weighted by molar-refractivity contribution is 0.00336. The Hall–Kier alpha value is -3.02. The number of imidazole rings is 1. The van der Waals surface area contributed by atoms with Gasteiger partial charge >= 0.3 is 6.01 Å². The van der Waals surface area contributed by atoms with Crippen molar-refractivity contribution in [3.05, 3.63) is 47.7 Å². The van der Waals surface area contributed by atoms with Crippen LogP contribution >= 0.6 is 11.6 Å². The van der Waals surface area contributed by atoms with Crippen LogP contribution in [0.1, 0.15) is 12.8 Å². The number of aromatic nitrogens is 5. The highest BCUT2D eigenvalue weighted by atomic mass is 35.5. The number of aliphatic hydroxyl groups is 1. The van der Waals surface area contributed by atoms with Crippen molar-refractivity contribution in [2.45, 2.75) is 69.7 Å². The summed E-state index contributed by atoms with van der Waals surface area (Å²) in [6.07, 6.45) is 5.00. The van der Waals surface area contributed by atoms with Gasteiger partial charge in [-0.2, -0.15) is 9.35 Å². The van der Waals surface area contributed by atoms with Gasteiger partial charge in [-0.1, -0.05) is 55.5 Å². The molecule has 3 aliphatic rings. The van der Waals surface area contributed by atoms with Gasteiger partial charge < -0.3 is 24.1 Å². The lowest BCUT2D eigenvalue weighted by atomic mass is 10.1. The molecule has 16 heteroatoms. The van der Waals surface area contributed by atoms with E-state index in [1.54, 1.807) is 24.7 Å². The first-order valence-corrected chi connectivity index (χ1v) is 22.5. The molecule has 0 radical (unpaired) electrons. The van der Waals surface area contributed by atoms with Crippen molar-refractivity contribution >= 4 is 46.4 Å². The van der Waals surface area contributed by atoms with E-state index in [-0.39, 0.29) is 26.0 Å². The molecule has 3 saturated heterocycles. The van der Waals surface area contributed by atoms with Crippen molar-refractivity contribution < 1.29 is 28.3 Å². The molecule has 262 valence electrons. The van der Waals surface area contributed by atoms with Crippen LogP contribution < -0.4 is 4.74 Å². The van der Waals surface area contributed by atoms with E-state index in [1.807, 2.05) is 33.1 Å². The van der Waals surface area contributed by atoms with Crippen LogP contribution in [0.15, 0.2) is 47.1 Å². The maximum Gasteiger partial charge on any atom is 0.301 e. The molecule has 3 aliphatic heterocycles. The monoisotopic (exact) mass is 727 g/mol. The molecule has 5 unspecified atom stereocenters. The lowest BCUT2D eigenvalue weighted by Gasteiger charge is -2.19. The normalized spacial score (nSPS) is 24.0. The van der Waals surface area contributed by atoms with E-state index in [0.29, 0.717) is 46.0 Å². The number of hydrogen-bond donors (Lipinski definition) is 1. The maximum absolute atomic E-state index is 13.1. The number of halogens is 1. The summed E-state index contributed by atoms with van der Waals surface area (Å²) in [4.78, 5) is 18.7. The Bertz CT molecular complexity index is 1920. The third kappa shape index (κ3) is 7.54. The van der Waals surface area contributed by atoms with Gasteiger partial charge in [-0.15, -0.1) is 0 Å². The molecule has 3 aromatic heterocycles. The van der Waals surface area contributed by atoms with Crippen LogP contribution in [0.4, 0.5) is 5.69 Å². The van der Waals surface area contributed by atoms with Crippen LogP contribution in [-0.4, -0.2) is 110 Å². The van der Waals surface area contributed by atoms with Gasteiger partial charge in [0, 0.05) is 45.2 Å². The SMILES string of the molecule is C[Si](C)(C)CCOCn1c(OC2COC3C(O)COC23)nc2cc(Cl)c(-c3ccc(-c4ncc(N=S(C)(=O)N5CCCC5)cn4)cc3)nc21. The zero-order valence-electron chi connectivity index (χ0n) is 28.1. The smallest absolute Gasteiger partial charge is 0.301 e. The molecule has 0 spiro atoms. The van der Waals surface area contributed by atoms with Crippen molar-refractivity contribution in [2.24, 2.45) is 4.36 Å². The Morgan fingerprint density at radius 3 is 2.45 bits per heavy atom. The highest BCUT2D eigenvalue weighted by Crippen LogP contribution is 2.34. The standard InChI is InChI=1S/C33H42ClN7O6SSi/c1-48(43,40-11-5-6-12-40)39-23-16-35-31(36-17-23)22-9-7-21(8-10-22)28-24(34)15-25-32(38-28)41(20-44-13-14-49(2,3)4)33(37-25)47-27-19-46-29-26(42)18-45-30(27)29/h7-10,15-17,26-27,29-30,42H,5-6,11-14,18-20H2,1-4H3. The molecular formula is C33H42ClN7O6SSi. The van der Waals surface area contributed by atoms with Crippen LogP contribution in [0.25, 0.3) is 33.8 Å². The zero-order valence-corrected chi connectivity index (χ0v) is 30.7. The zero-order chi connectivity index (χ0) is 34.3. The number of hydrogen-bond acceptors (Lipinski definition) is 11. The Morgan fingerprint density at radius 2 is 1.73 bits per heavy atom. The second-order valence-electron chi connectivity index (χ2n) is 14.0. The summed E-state index contributed by atoms with van der Waals surface area (Å²) in [5, 5.41) is 10.6. The van der Waals surface area contributed by atoms with Crippen molar-refractivity contribution in [3.8, 4) is 28.7 Å². The van der Waals surface area contributed by atoms with E-state index in [4.69, 9.17) is 40.5 Å². The molecule has 0 aliphatic carbocycles. The average molecular weight is 728 g/mol. The molecule has 4 aromatic rings. The first kappa shape index (κ1) is 34.4. The molecule has 0 bridgehead atoms. The van der Waals surface area contributed by atoms with Gasteiger partial charge in [-0.25, -0.2) is 23.5 Å². The molecule has 6 heterocycles. The van der Waals surface area contributed by atoms with Gasteiger partial charge in [-0.3, -0.25) is 4.57 Å². The number of pyridine rings is 1. The number of ether oxygens (including phenoxy) is 4. The van der Waals surface area contributed by atoms with Crippen molar-refractivity contribution in [1.29, 1.82) is 0 Å². The molecule has 3 fully saturated rings. The fraction of sp³-hybridized carbons (Fsp3) is 0.515. The highest BCUT2D eigenvalue weighted by molar-refractivity contribution is 7.90. The fourth-order valence-corrected chi connectivity index (χ4v) is 8.75. The van der Waals surface area contributed by atoms with Crippen LogP contribution in [0.5, 0.6) is 6.01 Å². The molecule has 49 heavy (non-hydrogen) atoms. The van der Waals surface area contributed by atoms with Gasteiger partial charge in [0.15, 0.2) is 17.6 Å². The largest absolute Gasteiger partial charge is 0.456 e. The number of rotatable bonds is 11. The van der Waals surface area contributed by atoms with Crippen molar-refractivity contribution in [1.82, 2.24) is 28.8 Å². The highest BCUT2D eigenvalue weighted by Gasteiger charge is 2.49. The van der Waals surface area contributed by atoms with Crippen LogP contribution in [0.3, 0.4) is 0 Å². The van der Waals surface area contributed by atoms with Crippen molar-refractivity contribution in [2.75, 3.05) is 39.2 Å². The minimum absolute atomic E-state index is 0.194. The number of fused-ring (bicyclic) bond motifs is 2. The molecule has 5 atom stereocenters. The molecule has 7 rings (SSSR count). The average Bonchev–Trinajstić information content (AvgIpc) is 3.87. The second-order valence-corrected chi connectivity index (χ2v) is 22.2. The van der Waals surface area contributed by atoms with Gasteiger partial charge in [0.25, 0.3) is 0 Å². The topological polar surface area (TPSA) is 146 Å². The van der Waals surface area contributed by atoms with Crippen LogP contribution in [-0.2, 0) is 30.9 Å². The minimum Gasteiger partial charge on any atom is -0.456 e. The van der Waals surface area contributed by atoms with Crippen molar-refractivity contribution in [3.63, 3.8) is 0 Å². The molecule has 1 aromatic carbocycles. The Morgan fingerprint density at radius 1 is 1.04 bits per heavy atom. The summed E-state index contributed by atoms with van der Waals surface area (Å²) in [5.74, 6) is 0.524. The minimum atomic E-state index is -2.50. The van der Waals surface area contributed by atoms with Gasteiger partial charge in [0.2, 0.25) is 0 Å². The van der Waals surface area contributed by atoms with Crippen LogP contribution in [0.2, 0.25) is 30.7 Å². The third-order valence-corrected chi connectivity index (χ3v) is 12.8. The number of benzene rings is 1. The van der Waals surface area contributed by atoms with Gasteiger partial charge in [0.05, 0.1) is 36.3 Å². The fourth-order valence-electron chi connectivity index (χ4n) is 6.20. The predicted octanol–water partition coefficient (Wildman–Crippen LogP) is 5.17. The first-order valence-electron chi connectivity index (χ1n) is 16.6. The predicted molar refractivity (Wildman–Crippen MR) is 190 cm³/mol. The molecule has 13 nitrogen and oxygen atoms in total. The summed E-state index contributed by atoms with van der Waals surface area (Å²) in [7, 11) is -3.81.